The molecule has 1 aliphatic heterocycles. The Hall–Kier alpha value is -1.10. The van der Waals surface area contributed by atoms with Gasteiger partial charge in [0.1, 0.15) is 6.61 Å². The van der Waals surface area contributed by atoms with Gasteiger partial charge in [-0.2, -0.15) is 0 Å². The minimum absolute atomic E-state index is 0.0354. The summed E-state index contributed by atoms with van der Waals surface area (Å²) >= 11 is 5.88. The van der Waals surface area contributed by atoms with Gasteiger partial charge in [0.05, 0.1) is 25.3 Å². The molecule has 19 heavy (non-hydrogen) atoms. The van der Waals surface area contributed by atoms with Gasteiger partial charge < -0.3 is 14.7 Å². The molecule has 1 fully saturated rings. The van der Waals surface area contributed by atoms with Crippen LogP contribution in [-0.2, 0) is 9.53 Å². The number of carbonyl (C=O) groups is 1. The second kappa shape index (κ2) is 6.37. The molecule has 0 aliphatic carbocycles. The van der Waals surface area contributed by atoms with Gasteiger partial charge in [-0.3, -0.25) is 4.79 Å². The molecule has 2 rings (SSSR count). The number of hydrogen-bond donors (Lipinski definition) is 1. The molecule has 1 heterocycles. The number of hydrogen-bond acceptors (Lipinski definition) is 3. The van der Waals surface area contributed by atoms with Crippen molar-refractivity contribution in [1.82, 2.24) is 4.90 Å². The molecular formula is C14H18ClNO3. The highest BCUT2D eigenvalue weighted by Crippen LogP contribution is 2.28. The highest BCUT2D eigenvalue weighted by atomic mass is 35.5. The van der Waals surface area contributed by atoms with E-state index in [4.69, 9.17) is 16.3 Å². The maximum atomic E-state index is 12.1. The summed E-state index contributed by atoms with van der Waals surface area (Å²) in [5.41, 5.74) is 0.976. The Kier molecular flexibility index (Phi) is 4.80. The summed E-state index contributed by atoms with van der Waals surface area (Å²) in [4.78, 5) is 13.8. The number of benzene rings is 1. The molecule has 0 radical (unpaired) electrons. The molecule has 4 nitrogen and oxygen atoms in total. The maximum absolute atomic E-state index is 12.1. The molecule has 1 aromatic carbocycles. The summed E-state index contributed by atoms with van der Waals surface area (Å²) in [6, 6.07) is 7.06. The Morgan fingerprint density at radius 3 is 2.74 bits per heavy atom. The van der Waals surface area contributed by atoms with Crippen LogP contribution in [-0.4, -0.2) is 41.8 Å². The maximum Gasteiger partial charge on any atom is 0.249 e. The number of amides is 1. The van der Waals surface area contributed by atoms with E-state index in [1.165, 1.54) is 0 Å². The van der Waals surface area contributed by atoms with E-state index >= 15 is 0 Å². The third-order valence-corrected chi connectivity index (χ3v) is 3.71. The SMILES string of the molecule is CC[C@@H](CO)N1C(=O)COC[C@H]1c1ccc(Cl)cc1. The molecule has 0 saturated carbocycles. The van der Waals surface area contributed by atoms with Crippen LogP contribution in [0.4, 0.5) is 0 Å². The largest absolute Gasteiger partial charge is 0.394 e. The van der Waals surface area contributed by atoms with E-state index in [0.29, 0.717) is 18.1 Å². The van der Waals surface area contributed by atoms with Crippen molar-refractivity contribution in [3.63, 3.8) is 0 Å². The fraction of sp³-hybridized carbons (Fsp3) is 0.500. The van der Waals surface area contributed by atoms with Gasteiger partial charge in [-0.15, -0.1) is 0 Å². The molecular weight excluding hydrogens is 266 g/mol. The molecule has 5 heteroatoms. The van der Waals surface area contributed by atoms with Crippen LogP contribution in [0.1, 0.15) is 24.9 Å². The fourth-order valence-corrected chi connectivity index (χ4v) is 2.53. The first-order valence-corrected chi connectivity index (χ1v) is 6.80. The zero-order valence-corrected chi connectivity index (χ0v) is 11.6. The van der Waals surface area contributed by atoms with Gasteiger partial charge in [-0.25, -0.2) is 0 Å². The van der Waals surface area contributed by atoms with Crippen LogP contribution >= 0.6 is 11.6 Å². The normalized spacial score (nSPS) is 21.5. The lowest BCUT2D eigenvalue weighted by Crippen LogP contribution is -2.50. The smallest absolute Gasteiger partial charge is 0.249 e. The second-order valence-electron chi connectivity index (χ2n) is 4.63. The number of nitrogens with zero attached hydrogens (tertiary/aromatic N) is 1. The van der Waals surface area contributed by atoms with E-state index in [-0.39, 0.29) is 31.2 Å². The summed E-state index contributed by atoms with van der Waals surface area (Å²) in [7, 11) is 0. The van der Waals surface area contributed by atoms with Gasteiger partial charge in [0.15, 0.2) is 0 Å². The van der Waals surface area contributed by atoms with Crippen LogP contribution in [0.2, 0.25) is 5.02 Å². The van der Waals surface area contributed by atoms with E-state index in [1.807, 2.05) is 19.1 Å². The van der Waals surface area contributed by atoms with Crippen molar-refractivity contribution in [2.45, 2.75) is 25.4 Å². The molecule has 0 bridgehead atoms. The molecule has 1 saturated heterocycles. The van der Waals surface area contributed by atoms with E-state index < -0.39 is 0 Å². The number of ether oxygens (including phenoxy) is 1. The Morgan fingerprint density at radius 1 is 1.47 bits per heavy atom. The molecule has 2 atom stereocenters. The topological polar surface area (TPSA) is 49.8 Å². The molecule has 1 aromatic rings. The number of aliphatic hydroxyl groups excluding tert-OH is 1. The van der Waals surface area contributed by atoms with E-state index in [0.717, 1.165) is 5.56 Å². The third-order valence-electron chi connectivity index (χ3n) is 3.46. The minimum Gasteiger partial charge on any atom is -0.394 e. The molecule has 1 amide bonds. The quantitative estimate of drug-likeness (QED) is 0.920. The lowest BCUT2D eigenvalue weighted by molar-refractivity contribution is -0.153. The molecule has 0 unspecified atom stereocenters. The average molecular weight is 284 g/mol. The van der Waals surface area contributed by atoms with Gasteiger partial charge in [0.25, 0.3) is 0 Å². The van der Waals surface area contributed by atoms with Gasteiger partial charge in [0, 0.05) is 5.02 Å². The van der Waals surface area contributed by atoms with Crippen molar-refractivity contribution in [2.24, 2.45) is 0 Å². The van der Waals surface area contributed by atoms with E-state index in [2.05, 4.69) is 0 Å². The fourth-order valence-electron chi connectivity index (χ4n) is 2.40. The summed E-state index contributed by atoms with van der Waals surface area (Å²) in [5, 5.41) is 10.1. The Balaban J connectivity index is 2.29. The summed E-state index contributed by atoms with van der Waals surface area (Å²) in [6.07, 6.45) is 0.715. The van der Waals surface area contributed by atoms with Crippen LogP contribution in [0.3, 0.4) is 0 Å². The monoisotopic (exact) mass is 283 g/mol. The average Bonchev–Trinajstić information content (AvgIpc) is 2.43. The van der Waals surface area contributed by atoms with Crippen molar-refractivity contribution in [1.29, 1.82) is 0 Å². The van der Waals surface area contributed by atoms with Crippen molar-refractivity contribution >= 4 is 17.5 Å². The first-order chi connectivity index (χ1) is 9.17. The van der Waals surface area contributed by atoms with Crippen molar-refractivity contribution in [3.05, 3.63) is 34.9 Å². The summed E-state index contributed by atoms with van der Waals surface area (Å²) < 4.78 is 5.34. The van der Waals surface area contributed by atoms with Gasteiger partial charge in [-0.05, 0) is 24.1 Å². The zero-order valence-electron chi connectivity index (χ0n) is 10.9. The van der Waals surface area contributed by atoms with Crippen LogP contribution in [0.25, 0.3) is 0 Å². The predicted octanol–water partition coefficient (Wildman–Crippen LogP) is 2.01. The van der Waals surface area contributed by atoms with Gasteiger partial charge in [-0.1, -0.05) is 30.7 Å². The van der Waals surface area contributed by atoms with Gasteiger partial charge >= 0.3 is 0 Å². The highest BCUT2D eigenvalue weighted by Gasteiger charge is 2.34. The first-order valence-electron chi connectivity index (χ1n) is 6.42. The number of carbonyl (C=O) groups excluding carboxylic acids is 1. The Labute approximate surface area is 117 Å². The lowest BCUT2D eigenvalue weighted by atomic mass is 10.0. The summed E-state index contributed by atoms with van der Waals surface area (Å²) in [6.45, 7) is 2.46. The highest BCUT2D eigenvalue weighted by molar-refractivity contribution is 6.30. The van der Waals surface area contributed by atoms with Crippen molar-refractivity contribution < 1.29 is 14.6 Å². The lowest BCUT2D eigenvalue weighted by Gasteiger charge is -2.40. The predicted molar refractivity (Wildman–Crippen MR) is 73.0 cm³/mol. The Morgan fingerprint density at radius 2 is 2.16 bits per heavy atom. The van der Waals surface area contributed by atoms with Crippen LogP contribution in [0, 0.1) is 0 Å². The van der Waals surface area contributed by atoms with Crippen LogP contribution < -0.4 is 0 Å². The Bertz CT molecular complexity index is 431. The van der Waals surface area contributed by atoms with Gasteiger partial charge in [0.2, 0.25) is 5.91 Å². The number of rotatable bonds is 4. The molecule has 104 valence electrons. The number of morpholine rings is 1. The third kappa shape index (κ3) is 3.08. The van der Waals surface area contributed by atoms with E-state index in [9.17, 15) is 9.90 Å². The standard InChI is InChI=1S/C14H18ClNO3/c1-2-12(7-17)16-13(8-19-9-14(16)18)10-3-5-11(15)6-4-10/h3-6,12-13,17H,2,7-9H2,1H3/t12-,13-/m0/s1. The minimum atomic E-state index is -0.169. The molecule has 0 spiro atoms. The van der Waals surface area contributed by atoms with Crippen LogP contribution in [0.15, 0.2) is 24.3 Å². The number of halogens is 1. The van der Waals surface area contributed by atoms with Crippen molar-refractivity contribution in [3.8, 4) is 0 Å². The van der Waals surface area contributed by atoms with E-state index in [1.54, 1.807) is 17.0 Å². The number of aliphatic hydroxyl groups is 1. The summed E-state index contributed by atoms with van der Waals surface area (Å²) in [5.74, 6) is -0.0768. The zero-order chi connectivity index (χ0) is 13.8. The van der Waals surface area contributed by atoms with Crippen molar-refractivity contribution in [2.75, 3.05) is 19.8 Å². The second-order valence-corrected chi connectivity index (χ2v) is 5.06. The molecule has 1 N–H and O–H groups in total. The molecule has 0 aromatic heterocycles. The van der Waals surface area contributed by atoms with Crippen LogP contribution in [0.5, 0.6) is 0 Å². The molecule has 1 aliphatic rings. The first kappa shape index (κ1) is 14.3.